The maximum absolute atomic E-state index is 13.6. The molecule has 2 spiro atoms. The Hall–Kier alpha value is -2.83. The number of ether oxygens (including phenoxy) is 2. The van der Waals surface area contributed by atoms with Crippen molar-refractivity contribution in [2.45, 2.75) is 36.9 Å². The zero-order valence-electron chi connectivity index (χ0n) is 18.3. The predicted octanol–water partition coefficient (Wildman–Crippen LogP) is 4.70. The lowest BCUT2D eigenvalue weighted by atomic mass is 9.79. The van der Waals surface area contributed by atoms with E-state index < -0.39 is 0 Å². The van der Waals surface area contributed by atoms with Gasteiger partial charge in [0.1, 0.15) is 17.1 Å². The van der Waals surface area contributed by atoms with Gasteiger partial charge in [0.05, 0.1) is 36.4 Å². The topological polar surface area (TPSA) is 38.7 Å². The highest BCUT2D eigenvalue weighted by molar-refractivity contribution is 5.69. The molecule has 6 heteroatoms. The van der Waals surface area contributed by atoms with Crippen molar-refractivity contribution in [2.24, 2.45) is 0 Å². The number of aromatic nitrogens is 1. The summed E-state index contributed by atoms with van der Waals surface area (Å²) in [6, 6.07) is 17.4. The largest absolute Gasteiger partial charge is 0.497 e. The van der Waals surface area contributed by atoms with E-state index in [0.717, 1.165) is 61.6 Å². The first-order valence-electron chi connectivity index (χ1n) is 11.3. The summed E-state index contributed by atoms with van der Waals surface area (Å²) >= 11 is 0. The molecule has 2 saturated heterocycles. The molecule has 5 nitrogen and oxygen atoms in total. The van der Waals surface area contributed by atoms with Crippen molar-refractivity contribution < 1.29 is 13.9 Å². The first-order valence-corrected chi connectivity index (χ1v) is 11.3. The van der Waals surface area contributed by atoms with Crippen molar-refractivity contribution in [3.05, 3.63) is 77.9 Å². The third-order valence-corrected chi connectivity index (χ3v) is 7.39. The molecule has 0 radical (unpaired) electrons. The normalized spacial score (nSPS) is 23.7. The Labute approximate surface area is 187 Å². The third kappa shape index (κ3) is 3.21. The molecule has 3 aliphatic heterocycles. The monoisotopic (exact) mass is 433 g/mol. The van der Waals surface area contributed by atoms with Crippen molar-refractivity contribution in [1.82, 2.24) is 9.47 Å². The minimum atomic E-state index is -0.242. The summed E-state index contributed by atoms with van der Waals surface area (Å²) in [6.07, 6.45) is 5.04. The number of likely N-dealkylation sites (tertiary alicyclic amines) is 1. The fourth-order valence-corrected chi connectivity index (χ4v) is 5.76. The number of fused-ring (bicyclic) bond motifs is 4. The molecular weight excluding hydrogens is 405 g/mol. The van der Waals surface area contributed by atoms with E-state index in [2.05, 4.69) is 45.2 Å². The molecule has 0 amide bonds. The molecule has 4 heterocycles. The molecule has 6 rings (SSSR count). The molecule has 2 fully saturated rings. The Kier molecular flexibility index (Phi) is 4.56. The molecule has 3 aliphatic rings. The number of rotatable bonds is 3. The molecule has 2 aromatic carbocycles. The summed E-state index contributed by atoms with van der Waals surface area (Å²) in [4.78, 5) is 2.41. The lowest BCUT2D eigenvalue weighted by Crippen LogP contribution is -2.46. The molecule has 1 unspecified atom stereocenters. The molecule has 0 bridgehead atoms. The van der Waals surface area contributed by atoms with Crippen molar-refractivity contribution in [2.75, 3.05) is 32.1 Å². The number of piperidine rings is 1. The second-order valence-electron chi connectivity index (χ2n) is 9.41. The van der Waals surface area contributed by atoms with Gasteiger partial charge in [-0.25, -0.2) is 4.39 Å². The number of anilines is 1. The van der Waals surface area contributed by atoms with E-state index in [9.17, 15) is 4.39 Å². The van der Waals surface area contributed by atoms with Crippen molar-refractivity contribution in [3.8, 4) is 11.4 Å². The summed E-state index contributed by atoms with van der Waals surface area (Å²) in [5.41, 5.74) is 4.14. The number of methoxy groups -OCH3 is 1. The zero-order chi connectivity index (χ0) is 21.8. The maximum Gasteiger partial charge on any atom is 0.123 e. The first kappa shape index (κ1) is 19.8. The predicted molar refractivity (Wildman–Crippen MR) is 122 cm³/mol. The maximum atomic E-state index is 13.6. The van der Waals surface area contributed by atoms with Crippen LogP contribution >= 0.6 is 0 Å². The first-order chi connectivity index (χ1) is 15.6. The number of hydrogen-bond acceptors (Lipinski definition) is 4. The molecule has 0 saturated carbocycles. The van der Waals surface area contributed by atoms with E-state index in [1.54, 1.807) is 19.2 Å². The fourth-order valence-electron chi connectivity index (χ4n) is 5.76. The van der Waals surface area contributed by atoms with Crippen LogP contribution < -0.4 is 10.1 Å². The van der Waals surface area contributed by atoms with Crippen LogP contribution in [0.15, 0.2) is 60.8 Å². The van der Waals surface area contributed by atoms with Crippen molar-refractivity contribution in [3.63, 3.8) is 0 Å². The van der Waals surface area contributed by atoms with Crippen LogP contribution in [0.3, 0.4) is 0 Å². The lowest BCUT2D eigenvalue weighted by molar-refractivity contribution is -0.0451. The molecule has 3 aromatic rings. The second kappa shape index (κ2) is 7.36. The average molecular weight is 434 g/mol. The Balaban J connectivity index is 1.21. The third-order valence-electron chi connectivity index (χ3n) is 7.39. The Bertz CT molecular complexity index is 1150. The summed E-state index contributed by atoms with van der Waals surface area (Å²) in [5.74, 6) is 0.682. The summed E-state index contributed by atoms with van der Waals surface area (Å²) in [7, 11) is 1.70. The van der Waals surface area contributed by atoms with E-state index in [1.165, 1.54) is 11.8 Å². The highest BCUT2D eigenvalue weighted by Crippen LogP contribution is 2.50. The van der Waals surface area contributed by atoms with Crippen LogP contribution in [0.2, 0.25) is 0 Å². The van der Waals surface area contributed by atoms with Gasteiger partial charge in [0.25, 0.3) is 0 Å². The molecular formula is C26H28FN3O2. The Morgan fingerprint density at radius 3 is 2.78 bits per heavy atom. The standard InChI is InChI=1S/C26H28FN3O2/c1-31-21-7-8-23-22(15-21)28-26(24-6-3-11-30(23)24)17-25(32-18-26)9-12-29(13-10-25)16-19-4-2-5-20(27)14-19/h2-8,11,14-15,28H,9-10,12-13,16-18H2,1H3. The fraction of sp³-hybridized carbons (Fsp3) is 0.385. The molecule has 1 N–H and O–H groups in total. The Morgan fingerprint density at radius 2 is 1.97 bits per heavy atom. The molecule has 166 valence electrons. The highest BCUT2D eigenvalue weighted by atomic mass is 19.1. The minimum Gasteiger partial charge on any atom is -0.497 e. The van der Waals surface area contributed by atoms with Gasteiger partial charge < -0.3 is 19.4 Å². The summed E-state index contributed by atoms with van der Waals surface area (Å²) < 4.78 is 27.9. The van der Waals surface area contributed by atoms with Crippen LogP contribution in [0.25, 0.3) is 5.69 Å². The zero-order valence-corrected chi connectivity index (χ0v) is 18.3. The van der Waals surface area contributed by atoms with Crippen LogP contribution in [0, 0.1) is 5.82 Å². The van der Waals surface area contributed by atoms with Crippen LogP contribution in [0.5, 0.6) is 5.75 Å². The van der Waals surface area contributed by atoms with Crippen LogP contribution in [0.4, 0.5) is 10.1 Å². The number of nitrogens with zero attached hydrogens (tertiary/aromatic N) is 2. The van der Waals surface area contributed by atoms with E-state index in [4.69, 9.17) is 9.47 Å². The number of hydrogen-bond donors (Lipinski definition) is 1. The smallest absolute Gasteiger partial charge is 0.123 e. The summed E-state index contributed by atoms with van der Waals surface area (Å²) in [5, 5.41) is 3.84. The van der Waals surface area contributed by atoms with Crippen molar-refractivity contribution in [1.29, 1.82) is 0 Å². The van der Waals surface area contributed by atoms with Crippen LogP contribution in [-0.2, 0) is 16.8 Å². The van der Waals surface area contributed by atoms with Gasteiger partial charge >= 0.3 is 0 Å². The van der Waals surface area contributed by atoms with E-state index in [-0.39, 0.29) is 17.0 Å². The quantitative estimate of drug-likeness (QED) is 0.650. The average Bonchev–Trinajstić information content (AvgIpc) is 3.42. The molecule has 32 heavy (non-hydrogen) atoms. The number of benzene rings is 2. The molecule has 1 atom stereocenters. The highest BCUT2D eigenvalue weighted by Gasteiger charge is 2.53. The van der Waals surface area contributed by atoms with Crippen LogP contribution in [0.1, 0.15) is 30.5 Å². The van der Waals surface area contributed by atoms with E-state index in [1.807, 2.05) is 12.1 Å². The van der Waals surface area contributed by atoms with Crippen molar-refractivity contribution >= 4 is 5.69 Å². The van der Waals surface area contributed by atoms with Gasteiger partial charge in [-0.1, -0.05) is 12.1 Å². The summed E-state index contributed by atoms with van der Waals surface area (Å²) in [6.45, 7) is 3.35. The van der Waals surface area contributed by atoms with E-state index in [0.29, 0.717) is 6.61 Å². The van der Waals surface area contributed by atoms with E-state index >= 15 is 0 Å². The number of halogens is 1. The SMILES string of the molecule is COc1ccc2c(c1)NC1(COC3(CCN(Cc4cccc(F)c4)CC3)C1)c1cccn1-2. The van der Waals surface area contributed by atoms with Gasteiger partial charge in [0.15, 0.2) is 0 Å². The number of nitrogens with one attached hydrogen (secondary N) is 1. The van der Waals surface area contributed by atoms with Crippen LogP contribution in [-0.4, -0.2) is 41.9 Å². The minimum absolute atomic E-state index is 0.128. The van der Waals surface area contributed by atoms with Gasteiger partial charge in [-0.05, 0) is 54.8 Å². The van der Waals surface area contributed by atoms with Gasteiger partial charge in [-0.2, -0.15) is 0 Å². The second-order valence-corrected chi connectivity index (χ2v) is 9.41. The Morgan fingerprint density at radius 1 is 1.09 bits per heavy atom. The van der Waals surface area contributed by atoms with Gasteiger partial charge in [-0.3, -0.25) is 4.90 Å². The van der Waals surface area contributed by atoms with Gasteiger partial charge in [0, 0.05) is 38.3 Å². The lowest BCUT2D eigenvalue weighted by Gasteiger charge is -2.41. The van der Waals surface area contributed by atoms with Gasteiger partial charge in [0.2, 0.25) is 0 Å². The molecule has 0 aliphatic carbocycles. The molecule has 1 aromatic heterocycles. The van der Waals surface area contributed by atoms with Gasteiger partial charge in [-0.15, -0.1) is 0 Å².